The second-order valence-corrected chi connectivity index (χ2v) is 6.60. The highest BCUT2D eigenvalue weighted by Gasteiger charge is 2.16. The fourth-order valence-electron chi connectivity index (χ4n) is 3.23. The number of hydrogen-bond donors (Lipinski definition) is 1. The number of carbonyl (C=O) groups is 1. The Bertz CT molecular complexity index is 1150. The molecular weight excluding hydrogens is 348 g/mol. The monoisotopic (exact) mass is 368 g/mol. The van der Waals surface area contributed by atoms with Crippen LogP contribution in [0.4, 0.5) is 5.69 Å². The zero-order chi connectivity index (χ0) is 19.5. The number of amides is 1. The van der Waals surface area contributed by atoms with E-state index in [1.54, 1.807) is 7.11 Å². The molecule has 1 heterocycles. The van der Waals surface area contributed by atoms with Gasteiger partial charge in [-0.15, -0.1) is 0 Å². The van der Waals surface area contributed by atoms with Crippen molar-refractivity contribution in [3.05, 3.63) is 90.0 Å². The molecule has 1 aromatic heterocycles. The van der Waals surface area contributed by atoms with E-state index < -0.39 is 0 Å². The minimum Gasteiger partial charge on any atom is -0.495 e. The standard InChI is InChI=1S/C24H20N2O2/c1-16-12-13-23(28-2)22(14-16)26-24(27)19-15-21(17-8-4-3-5-9-17)25-20-11-7-6-10-18(19)20/h3-15H,1-2H3,(H,26,27). The van der Waals surface area contributed by atoms with Crippen LogP contribution in [-0.4, -0.2) is 18.0 Å². The molecular formula is C24H20N2O2. The molecule has 0 radical (unpaired) electrons. The molecule has 0 aliphatic rings. The predicted molar refractivity (Wildman–Crippen MR) is 113 cm³/mol. The van der Waals surface area contributed by atoms with Crippen molar-refractivity contribution in [2.75, 3.05) is 12.4 Å². The van der Waals surface area contributed by atoms with Crippen LogP contribution in [0.2, 0.25) is 0 Å². The third-order valence-corrected chi connectivity index (χ3v) is 4.63. The molecule has 0 spiro atoms. The van der Waals surface area contributed by atoms with E-state index in [0.29, 0.717) is 17.0 Å². The Kier molecular flexibility index (Phi) is 4.77. The molecule has 4 nitrogen and oxygen atoms in total. The van der Waals surface area contributed by atoms with E-state index in [-0.39, 0.29) is 5.91 Å². The van der Waals surface area contributed by atoms with Gasteiger partial charge in [0.1, 0.15) is 5.75 Å². The SMILES string of the molecule is COc1ccc(C)cc1NC(=O)c1cc(-c2ccccc2)nc2ccccc12. The van der Waals surface area contributed by atoms with Gasteiger partial charge in [0.25, 0.3) is 5.91 Å². The van der Waals surface area contributed by atoms with Crippen molar-refractivity contribution in [1.82, 2.24) is 4.98 Å². The number of aromatic nitrogens is 1. The molecule has 0 saturated heterocycles. The molecule has 138 valence electrons. The van der Waals surface area contributed by atoms with Crippen LogP contribution in [0, 0.1) is 6.92 Å². The summed E-state index contributed by atoms with van der Waals surface area (Å²) in [5.74, 6) is 0.431. The van der Waals surface area contributed by atoms with E-state index in [1.165, 1.54) is 0 Å². The van der Waals surface area contributed by atoms with Crippen LogP contribution in [0.15, 0.2) is 78.9 Å². The van der Waals surface area contributed by atoms with Gasteiger partial charge in [-0.1, -0.05) is 54.6 Å². The maximum Gasteiger partial charge on any atom is 0.256 e. The molecule has 0 aliphatic carbocycles. The number of pyridine rings is 1. The summed E-state index contributed by atoms with van der Waals surface area (Å²) < 4.78 is 5.39. The molecule has 1 amide bonds. The van der Waals surface area contributed by atoms with Crippen LogP contribution in [0.1, 0.15) is 15.9 Å². The van der Waals surface area contributed by atoms with Gasteiger partial charge in [-0.25, -0.2) is 4.98 Å². The number of hydrogen-bond acceptors (Lipinski definition) is 3. The number of ether oxygens (including phenoxy) is 1. The molecule has 0 unspecified atom stereocenters. The lowest BCUT2D eigenvalue weighted by Gasteiger charge is -2.13. The van der Waals surface area contributed by atoms with Crippen molar-refractivity contribution >= 4 is 22.5 Å². The summed E-state index contributed by atoms with van der Waals surface area (Å²) in [6, 6.07) is 25.1. The highest BCUT2D eigenvalue weighted by atomic mass is 16.5. The average molecular weight is 368 g/mol. The van der Waals surface area contributed by atoms with Crippen molar-refractivity contribution in [2.24, 2.45) is 0 Å². The molecule has 0 bridgehead atoms. The number of fused-ring (bicyclic) bond motifs is 1. The van der Waals surface area contributed by atoms with E-state index in [4.69, 9.17) is 9.72 Å². The molecule has 1 N–H and O–H groups in total. The number of para-hydroxylation sites is 1. The van der Waals surface area contributed by atoms with Gasteiger partial charge in [-0.2, -0.15) is 0 Å². The molecule has 0 fully saturated rings. The lowest BCUT2D eigenvalue weighted by Crippen LogP contribution is -2.14. The second kappa shape index (κ2) is 7.53. The Morgan fingerprint density at radius 3 is 2.46 bits per heavy atom. The van der Waals surface area contributed by atoms with Crippen LogP contribution in [0.3, 0.4) is 0 Å². The van der Waals surface area contributed by atoms with Crippen LogP contribution >= 0.6 is 0 Å². The summed E-state index contributed by atoms with van der Waals surface area (Å²) in [5.41, 5.74) is 4.78. The number of nitrogens with one attached hydrogen (secondary N) is 1. The highest BCUT2D eigenvalue weighted by Crippen LogP contribution is 2.28. The number of rotatable bonds is 4. The normalized spacial score (nSPS) is 10.6. The molecule has 0 saturated carbocycles. The molecule has 4 rings (SSSR count). The Morgan fingerprint density at radius 2 is 1.68 bits per heavy atom. The summed E-state index contributed by atoms with van der Waals surface area (Å²) in [4.78, 5) is 17.9. The van der Waals surface area contributed by atoms with Crippen LogP contribution in [0.25, 0.3) is 22.2 Å². The minimum atomic E-state index is -0.195. The van der Waals surface area contributed by atoms with Gasteiger partial charge >= 0.3 is 0 Å². The van der Waals surface area contributed by atoms with Crippen LogP contribution in [-0.2, 0) is 0 Å². The molecule has 4 aromatic rings. The van der Waals surface area contributed by atoms with E-state index >= 15 is 0 Å². The molecule has 28 heavy (non-hydrogen) atoms. The van der Waals surface area contributed by atoms with Gasteiger partial charge in [0.05, 0.1) is 29.6 Å². The topological polar surface area (TPSA) is 51.2 Å². The summed E-state index contributed by atoms with van der Waals surface area (Å²) in [5, 5.41) is 3.81. The first kappa shape index (κ1) is 17.7. The van der Waals surface area contributed by atoms with Crippen molar-refractivity contribution < 1.29 is 9.53 Å². The number of methoxy groups -OCH3 is 1. The maximum atomic E-state index is 13.2. The third kappa shape index (κ3) is 3.45. The van der Waals surface area contributed by atoms with Gasteiger partial charge in [0.2, 0.25) is 0 Å². The number of aryl methyl sites for hydroxylation is 1. The number of nitrogens with zero attached hydrogens (tertiary/aromatic N) is 1. The summed E-state index contributed by atoms with van der Waals surface area (Å²) >= 11 is 0. The first-order valence-corrected chi connectivity index (χ1v) is 9.07. The second-order valence-electron chi connectivity index (χ2n) is 6.60. The van der Waals surface area contributed by atoms with Crippen LogP contribution in [0.5, 0.6) is 5.75 Å². The Hall–Kier alpha value is -3.66. The van der Waals surface area contributed by atoms with Crippen molar-refractivity contribution in [2.45, 2.75) is 6.92 Å². The summed E-state index contributed by atoms with van der Waals surface area (Å²) in [6.07, 6.45) is 0. The predicted octanol–water partition coefficient (Wildman–Crippen LogP) is 5.47. The quantitative estimate of drug-likeness (QED) is 0.519. The smallest absolute Gasteiger partial charge is 0.256 e. The summed E-state index contributed by atoms with van der Waals surface area (Å²) in [6.45, 7) is 1.98. The Labute approximate surface area is 163 Å². The molecule has 4 heteroatoms. The fourth-order valence-corrected chi connectivity index (χ4v) is 3.23. The first-order chi connectivity index (χ1) is 13.7. The summed E-state index contributed by atoms with van der Waals surface area (Å²) in [7, 11) is 1.59. The van der Waals surface area contributed by atoms with Gasteiger partial charge in [-0.3, -0.25) is 4.79 Å². The zero-order valence-electron chi connectivity index (χ0n) is 15.8. The van der Waals surface area contributed by atoms with Crippen molar-refractivity contribution in [1.29, 1.82) is 0 Å². The minimum absolute atomic E-state index is 0.195. The van der Waals surface area contributed by atoms with E-state index in [0.717, 1.165) is 27.7 Å². The number of carbonyl (C=O) groups excluding carboxylic acids is 1. The number of anilines is 1. The van der Waals surface area contributed by atoms with E-state index in [2.05, 4.69) is 5.32 Å². The lowest BCUT2D eigenvalue weighted by molar-refractivity contribution is 0.102. The largest absolute Gasteiger partial charge is 0.495 e. The first-order valence-electron chi connectivity index (χ1n) is 9.07. The van der Waals surface area contributed by atoms with E-state index in [1.807, 2.05) is 85.8 Å². The fraction of sp³-hybridized carbons (Fsp3) is 0.0833. The van der Waals surface area contributed by atoms with Gasteiger partial charge in [0.15, 0.2) is 0 Å². The van der Waals surface area contributed by atoms with Gasteiger partial charge in [0, 0.05) is 10.9 Å². The molecule has 0 atom stereocenters. The highest BCUT2D eigenvalue weighted by molar-refractivity contribution is 6.13. The van der Waals surface area contributed by atoms with Crippen LogP contribution < -0.4 is 10.1 Å². The Balaban J connectivity index is 1.81. The number of benzene rings is 3. The lowest BCUT2D eigenvalue weighted by atomic mass is 10.0. The van der Waals surface area contributed by atoms with Gasteiger partial charge < -0.3 is 10.1 Å². The average Bonchev–Trinajstić information content (AvgIpc) is 2.73. The Morgan fingerprint density at radius 1 is 0.929 bits per heavy atom. The van der Waals surface area contributed by atoms with Gasteiger partial charge in [-0.05, 0) is 36.8 Å². The zero-order valence-corrected chi connectivity index (χ0v) is 15.8. The molecule has 3 aromatic carbocycles. The maximum absolute atomic E-state index is 13.2. The van der Waals surface area contributed by atoms with Crippen molar-refractivity contribution in [3.8, 4) is 17.0 Å². The van der Waals surface area contributed by atoms with Crippen molar-refractivity contribution in [3.63, 3.8) is 0 Å². The molecule has 0 aliphatic heterocycles. The third-order valence-electron chi connectivity index (χ3n) is 4.63. The van der Waals surface area contributed by atoms with E-state index in [9.17, 15) is 4.79 Å².